The third-order valence-electron chi connectivity index (χ3n) is 4.94. The van der Waals surface area contributed by atoms with Crippen molar-refractivity contribution >= 4 is 28.7 Å². The van der Waals surface area contributed by atoms with E-state index in [1.807, 2.05) is 55.5 Å². The average molecular weight is 355 g/mol. The molecule has 0 fully saturated rings. The summed E-state index contributed by atoms with van der Waals surface area (Å²) in [6.45, 7) is 1.91. The number of ketones is 1. The molecule has 132 valence electrons. The van der Waals surface area contributed by atoms with Crippen LogP contribution in [0.1, 0.15) is 27.3 Å². The fourth-order valence-corrected chi connectivity index (χ4v) is 3.59. The summed E-state index contributed by atoms with van der Waals surface area (Å²) in [4.78, 5) is 20.6. The number of carbonyl (C=O) groups is 1. The molecule has 2 aromatic carbocycles. The first-order valence-corrected chi connectivity index (χ1v) is 8.73. The molecule has 4 aromatic rings. The molecule has 0 amide bonds. The number of imidazole rings is 1. The van der Waals surface area contributed by atoms with Gasteiger partial charge in [0.05, 0.1) is 28.5 Å². The normalized spacial score (nSPS) is 13.0. The number of aromatic amines is 1. The second-order valence-corrected chi connectivity index (χ2v) is 6.75. The van der Waals surface area contributed by atoms with Crippen molar-refractivity contribution in [3.05, 3.63) is 76.7 Å². The van der Waals surface area contributed by atoms with E-state index < -0.39 is 0 Å². The van der Waals surface area contributed by atoms with E-state index in [0.29, 0.717) is 17.8 Å². The number of aryl methyl sites for hydroxylation is 1. The van der Waals surface area contributed by atoms with Gasteiger partial charge >= 0.3 is 0 Å². The smallest absolute Gasteiger partial charge is 0.194 e. The van der Waals surface area contributed by atoms with Gasteiger partial charge in [0.2, 0.25) is 0 Å². The van der Waals surface area contributed by atoms with Gasteiger partial charge < -0.3 is 10.7 Å². The molecule has 1 aliphatic rings. The summed E-state index contributed by atoms with van der Waals surface area (Å²) in [6, 6.07) is 13.8. The number of benzene rings is 2. The molecule has 0 atom stereocenters. The molecule has 5 rings (SSSR count). The number of anilines is 1. The molecule has 1 aliphatic carbocycles. The van der Waals surface area contributed by atoms with E-state index in [9.17, 15) is 4.79 Å². The lowest BCUT2D eigenvalue weighted by atomic mass is 10.0. The maximum absolute atomic E-state index is 13.0. The van der Waals surface area contributed by atoms with Crippen LogP contribution in [0.15, 0.2) is 54.2 Å². The van der Waals surface area contributed by atoms with Crippen molar-refractivity contribution in [2.24, 2.45) is 0 Å². The second kappa shape index (κ2) is 5.67. The lowest BCUT2D eigenvalue weighted by Gasteiger charge is -2.05. The highest BCUT2D eigenvalue weighted by atomic mass is 16.1. The van der Waals surface area contributed by atoms with Crippen molar-refractivity contribution in [2.45, 2.75) is 13.3 Å². The van der Waals surface area contributed by atoms with Gasteiger partial charge in [0, 0.05) is 12.0 Å². The van der Waals surface area contributed by atoms with E-state index in [4.69, 9.17) is 5.73 Å². The number of nitrogens with zero attached hydrogens (tertiary/aromatic N) is 3. The minimum atomic E-state index is -0.0755. The molecular weight excluding hydrogens is 338 g/mol. The van der Waals surface area contributed by atoms with Gasteiger partial charge in [-0.2, -0.15) is 5.10 Å². The Morgan fingerprint density at radius 1 is 1.22 bits per heavy atom. The zero-order valence-corrected chi connectivity index (χ0v) is 14.7. The lowest BCUT2D eigenvalue weighted by molar-refractivity contribution is 0.103. The molecule has 6 nitrogen and oxygen atoms in total. The van der Waals surface area contributed by atoms with Crippen LogP contribution >= 0.6 is 0 Å². The van der Waals surface area contributed by atoms with E-state index in [-0.39, 0.29) is 5.78 Å². The quantitative estimate of drug-likeness (QED) is 0.551. The topological polar surface area (TPSA) is 89.6 Å². The van der Waals surface area contributed by atoms with Crippen molar-refractivity contribution in [3.8, 4) is 5.69 Å². The molecule has 2 heterocycles. The van der Waals surface area contributed by atoms with E-state index in [1.165, 1.54) is 0 Å². The maximum atomic E-state index is 13.0. The Morgan fingerprint density at radius 2 is 2.07 bits per heavy atom. The van der Waals surface area contributed by atoms with Gasteiger partial charge in [-0.15, -0.1) is 0 Å². The Balaban J connectivity index is 1.50. The predicted molar refractivity (Wildman–Crippen MR) is 105 cm³/mol. The minimum Gasteiger partial charge on any atom is -0.383 e. The van der Waals surface area contributed by atoms with E-state index in [0.717, 1.165) is 39.2 Å². The number of aromatic nitrogens is 4. The highest BCUT2D eigenvalue weighted by Gasteiger charge is 2.23. The van der Waals surface area contributed by atoms with Crippen LogP contribution in [0.3, 0.4) is 0 Å². The Labute approximate surface area is 155 Å². The summed E-state index contributed by atoms with van der Waals surface area (Å²) in [5.41, 5.74) is 12.3. The van der Waals surface area contributed by atoms with Crippen LogP contribution < -0.4 is 5.73 Å². The van der Waals surface area contributed by atoms with Crippen LogP contribution in [0, 0.1) is 6.92 Å². The highest BCUT2D eigenvalue weighted by Crippen LogP contribution is 2.29. The Morgan fingerprint density at radius 3 is 2.93 bits per heavy atom. The molecule has 0 radical (unpaired) electrons. The number of hydrogen-bond acceptors (Lipinski definition) is 4. The highest BCUT2D eigenvalue weighted by molar-refractivity contribution is 6.15. The molecule has 0 saturated carbocycles. The summed E-state index contributed by atoms with van der Waals surface area (Å²) in [5.74, 6) is 1.11. The number of nitrogens with two attached hydrogens (primary N) is 1. The zero-order chi connectivity index (χ0) is 18.5. The minimum absolute atomic E-state index is 0.0755. The Bertz CT molecular complexity index is 1240. The number of nitrogens with one attached hydrogen (secondary N) is 1. The van der Waals surface area contributed by atoms with E-state index >= 15 is 0 Å². The molecule has 0 aliphatic heterocycles. The summed E-state index contributed by atoms with van der Waals surface area (Å²) >= 11 is 0. The number of fused-ring (bicyclic) bond motifs is 2. The summed E-state index contributed by atoms with van der Waals surface area (Å²) in [5, 5.41) is 4.35. The zero-order valence-electron chi connectivity index (χ0n) is 14.7. The first-order valence-electron chi connectivity index (χ1n) is 8.73. The molecule has 0 spiro atoms. The lowest BCUT2D eigenvalue weighted by Crippen LogP contribution is -2.08. The summed E-state index contributed by atoms with van der Waals surface area (Å²) in [6.07, 6.45) is 4.11. The van der Waals surface area contributed by atoms with Crippen molar-refractivity contribution in [3.63, 3.8) is 0 Å². The third-order valence-corrected chi connectivity index (χ3v) is 4.94. The summed E-state index contributed by atoms with van der Waals surface area (Å²) in [7, 11) is 0. The predicted octanol–water partition coefficient (Wildman–Crippen LogP) is 3.46. The summed E-state index contributed by atoms with van der Waals surface area (Å²) < 4.78 is 1.59. The van der Waals surface area contributed by atoms with Crippen molar-refractivity contribution in [1.29, 1.82) is 0 Å². The van der Waals surface area contributed by atoms with Gasteiger partial charge in [0.15, 0.2) is 5.78 Å². The van der Waals surface area contributed by atoms with Crippen LogP contribution in [0.4, 0.5) is 5.82 Å². The van der Waals surface area contributed by atoms with Crippen molar-refractivity contribution in [1.82, 2.24) is 19.7 Å². The third kappa shape index (κ3) is 2.45. The first-order chi connectivity index (χ1) is 13.1. The number of allylic oxidation sites excluding steroid dienone is 1. The Kier molecular flexibility index (Phi) is 3.27. The van der Waals surface area contributed by atoms with E-state index in [1.54, 1.807) is 10.9 Å². The van der Waals surface area contributed by atoms with Crippen molar-refractivity contribution < 1.29 is 4.79 Å². The number of carbonyl (C=O) groups excluding carboxylic acids is 1. The van der Waals surface area contributed by atoms with Crippen molar-refractivity contribution in [2.75, 3.05) is 5.73 Å². The second-order valence-electron chi connectivity index (χ2n) is 6.75. The van der Waals surface area contributed by atoms with Gasteiger partial charge in [-0.25, -0.2) is 9.67 Å². The van der Waals surface area contributed by atoms with Gasteiger partial charge in [0.1, 0.15) is 11.6 Å². The van der Waals surface area contributed by atoms with Gasteiger partial charge in [-0.3, -0.25) is 4.79 Å². The number of Topliss-reactive ketones (excluding diaryl/α,β-unsaturated/α-hetero) is 1. The molecule has 6 heteroatoms. The Hall–Kier alpha value is -3.67. The van der Waals surface area contributed by atoms with Crippen LogP contribution in [0.25, 0.3) is 22.8 Å². The standard InChI is InChI=1S/C21H17N5O/c1-12-24-18-7-6-16(10-19(18)25-12)26-21(22)17(11-23-26)20(27)15-8-13-4-2-3-5-14(13)9-15/h2-8,10-11H,9,22H2,1H3,(H,24,25). The number of H-pyrrole nitrogens is 1. The van der Waals surface area contributed by atoms with Crippen LogP contribution in [-0.2, 0) is 6.42 Å². The number of nitrogen functional groups attached to an aromatic ring is 1. The maximum Gasteiger partial charge on any atom is 0.194 e. The number of rotatable bonds is 3. The van der Waals surface area contributed by atoms with Crippen LogP contribution in [-0.4, -0.2) is 25.5 Å². The largest absolute Gasteiger partial charge is 0.383 e. The van der Waals surface area contributed by atoms with Crippen LogP contribution in [0.5, 0.6) is 0 Å². The van der Waals surface area contributed by atoms with Crippen LogP contribution in [0.2, 0.25) is 0 Å². The van der Waals surface area contributed by atoms with Gasteiger partial charge in [-0.05, 0) is 42.3 Å². The average Bonchev–Trinajstić information content (AvgIpc) is 3.35. The van der Waals surface area contributed by atoms with Gasteiger partial charge in [-0.1, -0.05) is 24.3 Å². The molecule has 2 aromatic heterocycles. The SMILES string of the molecule is Cc1nc2ccc(-n3ncc(C(=O)C4=Cc5ccccc5C4)c3N)cc2[nH]1. The molecule has 27 heavy (non-hydrogen) atoms. The number of hydrogen-bond donors (Lipinski definition) is 2. The molecule has 0 saturated heterocycles. The molecule has 0 unspecified atom stereocenters. The molecular formula is C21H17N5O. The fraction of sp³-hybridized carbons (Fsp3) is 0.0952. The van der Waals surface area contributed by atoms with Gasteiger partial charge in [0.25, 0.3) is 0 Å². The first kappa shape index (κ1) is 15.6. The fourth-order valence-electron chi connectivity index (χ4n) is 3.59. The molecule has 0 bridgehead atoms. The molecule has 3 N–H and O–H groups in total. The monoisotopic (exact) mass is 355 g/mol. The van der Waals surface area contributed by atoms with E-state index in [2.05, 4.69) is 15.1 Å².